The average Bonchev–Trinajstić information content (AvgIpc) is 3.56. The van der Waals surface area contributed by atoms with Crippen molar-refractivity contribution in [3.8, 4) is 17.0 Å². The predicted molar refractivity (Wildman–Crippen MR) is 153 cm³/mol. The van der Waals surface area contributed by atoms with Gasteiger partial charge in [-0.15, -0.1) is 0 Å². The van der Waals surface area contributed by atoms with Gasteiger partial charge in [0.1, 0.15) is 33.4 Å². The standard InChI is InChI=1S/C26H27ClF2N8O5S/c1-43(40,41)12-11-34-7-9-35(10-8-34)22(38)16-36-15-20(32-25(39)19-14-31-37-6-2-5-30-24(19)37)23(33-36)18-13-17(27)3-4-21(18)42-26(28)29/h2-6,13-15,26H,7-12,16H2,1H3,(H,32,39). The number of alkyl halides is 2. The molecule has 13 nitrogen and oxygen atoms in total. The number of piperazine rings is 1. The van der Waals surface area contributed by atoms with Gasteiger partial charge in [0.2, 0.25) is 5.91 Å². The van der Waals surface area contributed by atoms with E-state index in [-0.39, 0.29) is 51.5 Å². The fourth-order valence-electron chi connectivity index (χ4n) is 4.61. The van der Waals surface area contributed by atoms with Crippen molar-refractivity contribution in [1.82, 2.24) is 34.2 Å². The number of aromatic nitrogens is 5. The molecule has 0 radical (unpaired) electrons. The summed E-state index contributed by atoms with van der Waals surface area (Å²) in [6, 6.07) is 5.66. The van der Waals surface area contributed by atoms with Crippen molar-refractivity contribution < 1.29 is 31.5 Å². The van der Waals surface area contributed by atoms with Gasteiger partial charge in [-0.3, -0.25) is 19.2 Å². The third kappa shape index (κ3) is 7.44. The van der Waals surface area contributed by atoms with Crippen LogP contribution in [0.5, 0.6) is 5.75 Å². The molecule has 4 heterocycles. The Bertz CT molecular complexity index is 1760. The highest BCUT2D eigenvalue weighted by atomic mass is 35.5. The number of anilines is 1. The van der Waals surface area contributed by atoms with Gasteiger partial charge in [0, 0.05) is 68.2 Å². The Hall–Kier alpha value is -4.15. The van der Waals surface area contributed by atoms with E-state index in [9.17, 15) is 26.8 Å². The van der Waals surface area contributed by atoms with Crippen LogP contribution in [0.1, 0.15) is 10.4 Å². The summed E-state index contributed by atoms with van der Waals surface area (Å²) >= 11 is 6.18. The molecule has 43 heavy (non-hydrogen) atoms. The normalized spacial score (nSPS) is 14.4. The lowest BCUT2D eigenvalue weighted by Crippen LogP contribution is -2.50. The first kappa shape index (κ1) is 30.3. The van der Waals surface area contributed by atoms with E-state index in [0.717, 1.165) is 0 Å². The molecular weight excluding hydrogens is 610 g/mol. The fourth-order valence-corrected chi connectivity index (χ4v) is 5.37. The van der Waals surface area contributed by atoms with Crippen LogP contribution in [0.2, 0.25) is 5.02 Å². The van der Waals surface area contributed by atoms with E-state index in [4.69, 9.17) is 11.6 Å². The largest absolute Gasteiger partial charge is 0.434 e. The number of hydrogen-bond acceptors (Lipinski definition) is 9. The molecule has 0 atom stereocenters. The highest BCUT2D eigenvalue weighted by Crippen LogP contribution is 2.37. The number of ether oxygens (including phenoxy) is 1. The minimum Gasteiger partial charge on any atom is -0.434 e. The minimum atomic E-state index is -3.14. The van der Waals surface area contributed by atoms with E-state index in [1.54, 1.807) is 17.2 Å². The average molecular weight is 637 g/mol. The van der Waals surface area contributed by atoms with Crippen LogP contribution < -0.4 is 10.1 Å². The number of carbonyl (C=O) groups excluding carboxylic acids is 2. The highest BCUT2D eigenvalue weighted by molar-refractivity contribution is 7.90. The van der Waals surface area contributed by atoms with Gasteiger partial charge in [0.15, 0.2) is 5.65 Å². The number of benzene rings is 1. The number of nitrogens with zero attached hydrogens (tertiary/aromatic N) is 7. The van der Waals surface area contributed by atoms with E-state index in [1.807, 2.05) is 4.90 Å². The molecule has 0 bridgehead atoms. The topological polar surface area (TPSA) is 144 Å². The van der Waals surface area contributed by atoms with Crippen molar-refractivity contribution in [2.45, 2.75) is 13.2 Å². The lowest BCUT2D eigenvalue weighted by molar-refractivity contribution is -0.133. The summed E-state index contributed by atoms with van der Waals surface area (Å²) in [4.78, 5) is 34.2. The van der Waals surface area contributed by atoms with Crippen molar-refractivity contribution in [2.75, 3.05) is 50.0 Å². The monoisotopic (exact) mass is 636 g/mol. The van der Waals surface area contributed by atoms with Gasteiger partial charge in [0.05, 0.1) is 17.6 Å². The molecule has 0 saturated carbocycles. The third-order valence-corrected chi connectivity index (χ3v) is 7.91. The molecule has 0 aliphatic carbocycles. The predicted octanol–water partition coefficient (Wildman–Crippen LogP) is 2.29. The number of halogens is 3. The molecule has 228 valence electrons. The molecule has 1 N–H and O–H groups in total. The molecule has 17 heteroatoms. The summed E-state index contributed by atoms with van der Waals surface area (Å²) in [6.45, 7) is -1.16. The first-order valence-corrected chi connectivity index (χ1v) is 15.5. The highest BCUT2D eigenvalue weighted by Gasteiger charge is 2.25. The Morgan fingerprint density at radius 2 is 1.95 bits per heavy atom. The summed E-state index contributed by atoms with van der Waals surface area (Å²) < 4.78 is 56.8. The molecule has 1 aliphatic rings. The lowest BCUT2D eigenvalue weighted by atomic mass is 10.1. The zero-order chi connectivity index (χ0) is 30.7. The molecule has 1 saturated heterocycles. The quantitative estimate of drug-likeness (QED) is 0.277. The maximum atomic E-state index is 13.3. The Morgan fingerprint density at radius 3 is 2.67 bits per heavy atom. The Kier molecular flexibility index (Phi) is 8.89. The molecular formula is C26H27ClF2N8O5S. The van der Waals surface area contributed by atoms with Gasteiger partial charge in [-0.25, -0.2) is 17.9 Å². The zero-order valence-corrected chi connectivity index (χ0v) is 24.4. The zero-order valence-electron chi connectivity index (χ0n) is 22.9. The Labute approximate surface area is 249 Å². The van der Waals surface area contributed by atoms with E-state index >= 15 is 0 Å². The van der Waals surface area contributed by atoms with Crippen molar-refractivity contribution in [2.24, 2.45) is 0 Å². The van der Waals surface area contributed by atoms with Crippen molar-refractivity contribution in [1.29, 1.82) is 0 Å². The minimum absolute atomic E-state index is 0.0393. The number of hydrogen-bond donors (Lipinski definition) is 1. The number of sulfone groups is 1. The number of amides is 2. The van der Waals surface area contributed by atoms with Crippen molar-refractivity contribution >= 4 is 44.6 Å². The van der Waals surface area contributed by atoms with Gasteiger partial charge in [-0.05, 0) is 24.3 Å². The van der Waals surface area contributed by atoms with Crippen LogP contribution in [-0.4, -0.2) is 106 Å². The molecule has 3 aromatic heterocycles. The Morgan fingerprint density at radius 1 is 1.19 bits per heavy atom. The van der Waals surface area contributed by atoms with E-state index in [2.05, 4.69) is 25.2 Å². The van der Waals surface area contributed by atoms with Crippen LogP contribution in [0.4, 0.5) is 14.5 Å². The summed E-state index contributed by atoms with van der Waals surface area (Å²) in [5.74, 6) is -1.05. The number of rotatable bonds is 10. The third-order valence-electron chi connectivity index (χ3n) is 6.75. The molecule has 1 aromatic carbocycles. The summed E-state index contributed by atoms with van der Waals surface area (Å²) in [5.41, 5.74) is 0.685. The molecule has 1 fully saturated rings. The fraction of sp³-hybridized carbons (Fsp3) is 0.346. The van der Waals surface area contributed by atoms with Crippen LogP contribution in [0.3, 0.4) is 0 Å². The Balaban J connectivity index is 1.40. The van der Waals surface area contributed by atoms with Crippen molar-refractivity contribution in [3.05, 3.63) is 59.6 Å². The maximum Gasteiger partial charge on any atom is 0.387 e. The first-order valence-electron chi connectivity index (χ1n) is 13.1. The van der Waals surface area contributed by atoms with Gasteiger partial charge in [-0.1, -0.05) is 11.6 Å². The smallest absolute Gasteiger partial charge is 0.387 e. The second kappa shape index (κ2) is 12.6. The van der Waals surface area contributed by atoms with Gasteiger partial charge in [-0.2, -0.15) is 19.0 Å². The van der Waals surface area contributed by atoms with Crippen LogP contribution in [0.15, 0.2) is 49.1 Å². The van der Waals surface area contributed by atoms with Gasteiger partial charge >= 0.3 is 6.61 Å². The van der Waals surface area contributed by atoms with Crippen LogP contribution >= 0.6 is 11.6 Å². The molecule has 4 aromatic rings. The summed E-state index contributed by atoms with van der Waals surface area (Å²) in [5, 5.41) is 11.5. The second-order valence-electron chi connectivity index (χ2n) is 9.86. The molecule has 2 amide bonds. The van der Waals surface area contributed by atoms with E-state index < -0.39 is 22.4 Å². The number of nitrogens with one attached hydrogen (secondary N) is 1. The molecule has 0 unspecified atom stereocenters. The van der Waals surface area contributed by atoms with Crippen LogP contribution in [-0.2, 0) is 21.2 Å². The van der Waals surface area contributed by atoms with E-state index in [0.29, 0.717) is 38.4 Å². The SMILES string of the molecule is CS(=O)(=O)CCN1CCN(C(=O)Cn2cc(NC(=O)c3cnn4cccnc34)c(-c3cc(Cl)ccc3OC(F)F)n2)CC1. The molecule has 5 rings (SSSR count). The number of carbonyl (C=O) groups is 2. The maximum absolute atomic E-state index is 13.3. The summed E-state index contributed by atoms with van der Waals surface area (Å²) in [6.07, 6.45) is 7.07. The molecule has 0 spiro atoms. The lowest BCUT2D eigenvalue weighted by Gasteiger charge is -2.34. The first-order chi connectivity index (χ1) is 20.5. The van der Waals surface area contributed by atoms with Crippen LogP contribution in [0.25, 0.3) is 16.9 Å². The van der Waals surface area contributed by atoms with Crippen LogP contribution in [0, 0.1) is 0 Å². The second-order valence-corrected chi connectivity index (χ2v) is 12.6. The van der Waals surface area contributed by atoms with Gasteiger partial charge < -0.3 is 15.0 Å². The van der Waals surface area contributed by atoms with Gasteiger partial charge in [0.25, 0.3) is 5.91 Å². The number of fused-ring (bicyclic) bond motifs is 1. The van der Waals surface area contributed by atoms with Crippen molar-refractivity contribution in [3.63, 3.8) is 0 Å². The molecule has 1 aliphatic heterocycles. The van der Waals surface area contributed by atoms with E-state index in [1.165, 1.54) is 52.2 Å². The summed E-state index contributed by atoms with van der Waals surface area (Å²) in [7, 11) is -3.10.